The lowest BCUT2D eigenvalue weighted by molar-refractivity contribution is -0.385. The first-order chi connectivity index (χ1) is 9.47. The quantitative estimate of drug-likeness (QED) is 0.584. The number of hydrogen-bond acceptors (Lipinski definition) is 3. The summed E-state index contributed by atoms with van der Waals surface area (Å²) in [5.74, 6) is -0.207. The van der Waals surface area contributed by atoms with Crippen molar-refractivity contribution in [3.8, 4) is 0 Å². The number of nitro benzene ring substituents is 1. The Kier molecular flexibility index (Phi) is 6.58. The standard InChI is InChI=1S/C15H23FN2O2/c1-4-6-17-11(3)13(5-2)7-12-8-14(16)10-15(9-12)18(19)20/h8-11,13,17H,4-7H2,1-3H3. The average Bonchev–Trinajstić information content (AvgIpc) is 2.41. The fourth-order valence-corrected chi connectivity index (χ4v) is 2.37. The highest BCUT2D eigenvalue weighted by molar-refractivity contribution is 5.35. The number of nitro groups is 1. The SMILES string of the molecule is CCCNC(C)C(CC)Cc1cc(F)cc([N+](=O)[O-])c1. The third-order valence-corrected chi connectivity index (χ3v) is 3.60. The molecule has 0 radical (unpaired) electrons. The summed E-state index contributed by atoms with van der Waals surface area (Å²) in [4.78, 5) is 10.2. The molecule has 0 heterocycles. The van der Waals surface area contributed by atoms with Crippen molar-refractivity contribution in [3.63, 3.8) is 0 Å². The van der Waals surface area contributed by atoms with Gasteiger partial charge in [0, 0.05) is 12.1 Å². The molecule has 0 aliphatic rings. The molecule has 112 valence electrons. The van der Waals surface area contributed by atoms with Crippen molar-refractivity contribution in [2.45, 2.75) is 46.1 Å². The summed E-state index contributed by atoms with van der Waals surface area (Å²) < 4.78 is 13.4. The lowest BCUT2D eigenvalue weighted by Crippen LogP contribution is -2.34. The molecule has 4 nitrogen and oxygen atoms in total. The second-order valence-corrected chi connectivity index (χ2v) is 5.19. The first-order valence-electron chi connectivity index (χ1n) is 7.15. The Bertz CT molecular complexity index is 451. The highest BCUT2D eigenvalue weighted by atomic mass is 19.1. The van der Waals surface area contributed by atoms with E-state index < -0.39 is 10.7 Å². The molecular formula is C15H23FN2O2. The first kappa shape index (κ1) is 16.6. The van der Waals surface area contributed by atoms with E-state index in [0.717, 1.165) is 25.5 Å². The van der Waals surface area contributed by atoms with Crippen LogP contribution >= 0.6 is 0 Å². The molecule has 0 saturated heterocycles. The Morgan fingerprint density at radius 1 is 1.35 bits per heavy atom. The van der Waals surface area contributed by atoms with E-state index in [9.17, 15) is 14.5 Å². The van der Waals surface area contributed by atoms with Crippen LogP contribution in [0.5, 0.6) is 0 Å². The Labute approximate surface area is 119 Å². The summed E-state index contributed by atoms with van der Waals surface area (Å²) in [6, 6.07) is 4.13. The largest absolute Gasteiger partial charge is 0.314 e. The molecule has 0 aliphatic carbocycles. The summed E-state index contributed by atoms with van der Waals surface area (Å²) in [6.07, 6.45) is 2.65. The predicted octanol–water partition coefficient (Wildman–Crippen LogP) is 3.69. The molecule has 2 unspecified atom stereocenters. The number of hydrogen-bond donors (Lipinski definition) is 1. The van der Waals surface area contributed by atoms with E-state index in [0.29, 0.717) is 23.9 Å². The summed E-state index contributed by atoms with van der Waals surface area (Å²) in [6.45, 7) is 7.25. The fraction of sp³-hybridized carbons (Fsp3) is 0.600. The Balaban J connectivity index is 2.81. The van der Waals surface area contributed by atoms with Crippen LogP contribution < -0.4 is 5.32 Å². The molecule has 1 aromatic carbocycles. The van der Waals surface area contributed by atoms with E-state index in [-0.39, 0.29) is 5.69 Å². The summed E-state index contributed by atoms with van der Waals surface area (Å²) in [5.41, 5.74) is 0.512. The topological polar surface area (TPSA) is 55.2 Å². The molecule has 1 N–H and O–H groups in total. The normalized spacial score (nSPS) is 14.0. The number of benzene rings is 1. The number of non-ortho nitro benzene ring substituents is 1. The summed E-state index contributed by atoms with van der Waals surface area (Å²) >= 11 is 0. The van der Waals surface area contributed by atoms with Crippen LogP contribution in [0, 0.1) is 21.8 Å². The Hall–Kier alpha value is -1.49. The van der Waals surface area contributed by atoms with Crippen molar-refractivity contribution >= 4 is 5.69 Å². The molecular weight excluding hydrogens is 259 g/mol. The maximum atomic E-state index is 13.4. The lowest BCUT2D eigenvalue weighted by atomic mass is 9.90. The average molecular weight is 282 g/mol. The van der Waals surface area contributed by atoms with Gasteiger partial charge in [0.15, 0.2) is 0 Å². The molecule has 0 aliphatic heterocycles. The molecule has 0 fully saturated rings. The van der Waals surface area contributed by atoms with E-state index in [1.54, 1.807) is 0 Å². The van der Waals surface area contributed by atoms with E-state index in [1.807, 2.05) is 0 Å². The van der Waals surface area contributed by atoms with E-state index in [1.165, 1.54) is 12.1 Å². The molecule has 2 atom stereocenters. The van der Waals surface area contributed by atoms with Crippen LogP contribution in [-0.4, -0.2) is 17.5 Å². The second-order valence-electron chi connectivity index (χ2n) is 5.19. The zero-order chi connectivity index (χ0) is 15.1. The van der Waals surface area contributed by atoms with Crippen molar-refractivity contribution < 1.29 is 9.31 Å². The van der Waals surface area contributed by atoms with Crippen molar-refractivity contribution in [1.29, 1.82) is 0 Å². The van der Waals surface area contributed by atoms with E-state index in [4.69, 9.17) is 0 Å². The van der Waals surface area contributed by atoms with Crippen molar-refractivity contribution in [2.24, 2.45) is 5.92 Å². The molecule has 1 rings (SSSR count). The fourth-order valence-electron chi connectivity index (χ4n) is 2.37. The lowest BCUT2D eigenvalue weighted by Gasteiger charge is -2.24. The Morgan fingerprint density at radius 2 is 2.05 bits per heavy atom. The van der Waals surface area contributed by atoms with Crippen LogP contribution in [0.1, 0.15) is 39.2 Å². The van der Waals surface area contributed by atoms with Gasteiger partial charge in [0.1, 0.15) is 5.82 Å². The minimum absolute atomic E-state index is 0.177. The van der Waals surface area contributed by atoms with Gasteiger partial charge in [-0.25, -0.2) is 4.39 Å². The number of halogens is 1. The molecule has 5 heteroatoms. The summed E-state index contributed by atoms with van der Waals surface area (Å²) in [5, 5.41) is 14.2. The van der Waals surface area contributed by atoms with Gasteiger partial charge in [0.2, 0.25) is 0 Å². The first-order valence-corrected chi connectivity index (χ1v) is 7.15. The highest BCUT2D eigenvalue weighted by Gasteiger charge is 2.17. The monoisotopic (exact) mass is 282 g/mol. The van der Waals surface area contributed by atoms with Gasteiger partial charge in [-0.05, 0) is 43.9 Å². The highest BCUT2D eigenvalue weighted by Crippen LogP contribution is 2.21. The van der Waals surface area contributed by atoms with E-state index >= 15 is 0 Å². The molecule has 0 spiro atoms. The number of nitrogens with zero attached hydrogens (tertiary/aromatic N) is 1. The smallest absolute Gasteiger partial charge is 0.272 e. The molecule has 20 heavy (non-hydrogen) atoms. The second kappa shape index (κ2) is 7.94. The van der Waals surface area contributed by atoms with Crippen LogP contribution in [0.15, 0.2) is 18.2 Å². The maximum absolute atomic E-state index is 13.4. The zero-order valence-corrected chi connectivity index (χ0v) is 12.4. The van der Waals surface area contributed by atoms with Crippen molar-refractivity contribution in [2.75, 3.05) is 6.54 Å². The van der Waals surface area contributed by atoms with Gasteiger partial charge in [-0.15, -0.1) is 0 Å². The van der Waals surface area contributed by atoms with Gasteiger partial charge < -0.3 is 5.32 Å². The van der Waals surface area contributed by atoms with Crippen LogP contribution in [0.4, 0.5) is 10.1 Å². The molecule has 1 aromatic rings. The van der Waals surface area contributed by atoms with Gasteiger partial charge in [-0.2, -0.15) is 0 Å². The van der Waals surface area contributed by atoms with Crippen molar-refractivity contribution in [1.82, 2.24) is 5.32 Å². The van der Waals surface area contributed by atoms with Gasteiger partial charge in [0.25, 0.3) is 5.69 Å². The van der Waals surface area contributed by atoms with Gasteiger partial charge >= 0.3 is 0 Å². The minimum atomic E-state index is -0.549. The van der Waals surface area contributed by atoms with E-state index in [2.05, 4.69) is 26.1 Å². The summed E-state index contributed by atoms with van der Waals surface area (Å²) in [7, 11) is 0. The third kappa shape index (κ3) is 4.89. The van der Waals surface area contributed by atoms with Gasteiger partial charge in [-0.3, -0.25) is 10.1 Å². The molecule has 0 bridgehead atoms. The van der Waals surface area contributed by atoms with Gasteiger partial charge in [0.05, 0.1) is 11.0 Å². The zero-order valence-electron chi connectivity index (χ0n) is 12.4. The molecule has 0 saturated carbocycles. The predicted molar refractivity (Wildman–Crippen MR) is 78.3 cm³/mol. The van der Waals surface area contributed by atoms with Crippen LogP contribution in [0.3, 0.4) is 0 Å². The van der Waals surface area contributed by atoms with Crippen LogP contribution in [0.2, 0.25) is 0 Å². The maximum Gasteiger partial charge on any atom is 0.272 e. The minimum Gasteiger partial charge on any atom is -0.314 e. The number of nitrogens with one attached hydrogen (secondary N) is 1. The third-order valence-electron chi connectivity index (χ3n) is 3.60. The van der Waals surface area contributed by atoms with Gasteiger partial charge in [-0.1, -0.05) is 20.3 Å². The number of rotatable bonds is 8. The Morgan fingerprint density at radius 3 is 2.60 bits per heavy atom. The van der Waals surface area contributed by atoms with Crippen LogP contribution in [-0.2, 0) is 6.42 Å². The van der Waals surface area contributed by atoms with Crippen LogP contribution in [0.25, 0.3) is 0 Å². The molecule has 0 aromatic heterocycles. The van der Waals surface area contributed by atoms with Crippen molar-refractivity contribution in [3.05, 3.63) is 39.7 Å². The molecule has 0 amide bonds.